The van der Waals surface area contributed by atoms with Gasteiger partial charge in [-0.2, -0.15) is 4.80 Å². The molecule has 0 radical (unpaired) electrons. The van der Waals surface area contributed by atoms with Gasteiger partial charge in [-0.25, -0.2) is 0 Å². The molecule has 1 rings (SSSR count). The Morgan fingerprint density at radius 2 is 2.27 bits per heavy atom. The predicted octanol–water partition coefficient (Wildman–Crippen LogP) is -0.305. The van der Waals surface area contributed by atoms with Gasteiger partial charge in [-0.15, -0.1) is 10.2 Å². The molecule has 2 unspecified atom stereocenters. The molecule has 1 aromatic heterocycles. The van der Waals surface area contributed by atoms with Crippen molar-refractivity contribution in [3.63, 3.8) is 0 Å². The maximum atomic E-state index is 11.7. The van der Waals surface area contributed by atoms with Crippen molar-refractivity contribution >= 4 is 5.78 Å². The number of aromatic nitrogens is 4. The van der Waals surface area contributed by atoms with Crippen molar-refractivity contribution < 1.29 is 4.79 Å². The molecule has 0 spiro atoms. The van der Waals surface area contributed by atoms with Crippen LogP contribution in [0.5, 0.6) is 0 Å². The minimum absolute atomic E-state index is 0.0302. The van der Waals surface area contributed by atoms with Crippen molar-refractivity contribution in [2.45, 2.75) is 32.7 Å². The molecule has 0 saturated carbocycles. The quantitative estimate of drug-likeness (QED) is 0.722. The van der Waals surface area contributed by atoms with E-state index in [1.807, 2.05) is 13.8 Å². The number of carbonyl (C=O) groups excluding carboxylic acids is 1. The highest BCUT2D eigenvalue weighted by Gasteiger charge is 2.20. The number of Topliss-reactive ketones (excluding diaryl/α,β-unsaturated/α-hetero) is 1. The fraction of sp³-hybridized carbons (Fsp3) is 0.778. The molecule has 0 amide bonds. The molecule has 15 heavy (non-hydrogen) atoms. The number of rotatable bonds is 5. The molecule has 6 heteroatoms. The first-order chi connectivity index (χ1) is 7.04. The first-order valence-corrected chi connectivity index (χ1v) is 5.05. The fourth-order valence-electron chi connectivity index (χ4n) is 1.24. The van der Waals surface area contributed by atoms with Gasteiger partial charge < -0.3 is 5.73 Å². The normalized spacial score (nSPS) is 14.9. The van der Waals surface area contributed by atoms with E-state index in [9.17, 15) is 4.79 Å². The van der Waals surface area contributed by atoms with E-state index in [4.69, 9.17) is 5.73 Å². The van der Waals surface area contributed by atoms with Gasteiger partial charge >= 0.3 is 0 Å². The first kappa shape index (κ1) is 11.8. The third kappa shape index (κ3) is 3.09. The molecule has 84 valence electrons. The van der Waals surface area contributed by atoms with E-state index >= 15 is 0 Å². The zero-order chi connectivity index (χ0) is 11.4. The number of hydrogen-bond acceptors (Lipinski definition) is 5. The summed E-state index contributed by atoms with van der Waals surface area (Å²) in [7, 11) is 1.66. The van der Waals surface area contributed by atoms with Crippen LogP contribution in [0, 0.1) is 5.92 Å². The van der Waals surface area contributed by atoms with E-state index in [1.165, 1.54) is 4.80 Å². The van der Waals surface area contributed by atoms with Gasteiger partial charge in [0.25, 0.3) is 0 Å². The molecule has 0 aliphatic rings. The third-order valence-electron chi connectivity index (χ3n) is 2.51. The van der Waals surface area contributed by atoms with Crippen LogP contribution in [-0.2, 0) is 18.3 Å². The van der Waals surface area contributed by atoms with Crippen LogP contribution in [0.3, 0.4) is 0 Å². The zero-order valence-electron chi connectivity index (χ0n) is 9.34. The standard InChI is InChI=1S/C9H17N5O/c1-4-6(2)9(10)7(15)5-8-11-13-14(3)12-8/h6,9H,4-5,10H2,1-3H3. The van der Waals surface area contributed by atoms with Crippen LogP contribution >= 0.6 is 0 Å². The van der Waals surface area contributed by atoms with Crippen molar-refractivity contribution in [1.82, 2.24) is 20.2 Å². The van der Waals surface area contributed by atoms with Crippen LogP contribution in [-0.4, -0.2) is 32.0 Å². The van der Waals surface area contributed by atoms with Crippen LogP contribution < -0.4 is 5.73 Å². The average molecular weight is 211 g/mol. The highest BCUT2D eigenvalue weighted by molar-refractivity contribution is 5.85. The van der Waals surface area contributed by atoms with Crippen molar-refractivity contribution in [2.75, 3.05) is 0 Å². The van der Waals surface area contributed by atoms with Crippen LogP contribution in [0.2, 0.25) is 0 Å². The second kappa shape index (κ2) is 4.97. The third-order valence-corrected chi connectivity index (χ3v) is 2.51. The summed E-state index contributed by atoms with van der Waals surface area (Å²) in [6, 6.07) is -0.432. The molecule has 0 aliphatic heterocycles. The summed E-state index contributed by atoms with van der Waals surface area (Å²) >= 11 is 0. The number of aryl methyl sites for hydroxylation is 1. The Bertz CT molecular complexity index is 335. The molecule has 0 fully saturated rings. The molecule has 0 bridgehead atoms. The highest BCUT2D eigenvalue weighted by Crippen LogP contribution is 2.07. The lowest BCUT2D eigenvalue weighted by Crippen LogP contribution is -2.37. The van der Waals surface area contributed by atoms with Crippen molar-refractivity contribution in [3.05, 3.63) is 5.82 Å². The topological polar surface area (TPSA) is 86.7 Å². The number of carbonyl (C=O) groups is 1. The maximum absolute atomic E-state index is 11.7. The SMILES string of the molecule is CCC(C)C(N)C(=O)Cc1nnn(C)n1. The van der Waals surface area contributed by atoms with E-state index in [0.29, 0.717) is 5.82 Å². The summed E-state index contributed by atoms with van der Waals surface area (Å²) < 4.78 is 0. The molecule has 2 N–H and O–H groups in total. The number of nitrogens with zero attached hydrogens (tertiary/aromatic N) is 4. The van der Waals surface area contributed by atoms with E-state index in [1.54, 1.807) is 7.05 Å². The summed E-state index contributed by atoms with van der Waals surface area (Å²) in [4.78, 5) is 13.0. The summed E-state index contributed by atoms with van der Waals surface area (Å²) in [5.74, 6) is 0.591. The van der Waals surface area contributed by atoms with Crippen molar-refractivity contribution in [3.8, 4) is 0 Å². The summed E-state index contributed by atoms with van der Waals surface area (Å²) in [6.45, 7) is 3.98. The molecule has 0 aromatic carbocycles. The Morgan fingerprint density at radius 1 is 1.60 bits per heavy atom. The highest BCUT2D eigenvalue weighted by atomic mass is 16.1. The first-order valence-electron chi connectivity index (χ1n) is 5.05. The van der Waals surface area contributed by atoms with Crippen molar-refractivity contribution in [1.29, 1.82) is 0 Å². The lowest BCUT2D eigenvalue weighted by Gasteiger charge is -2.15. The number of hydrogen-bond donors (Lipinski definition) is 1. The van der Waals surface area contributed by atoms with Crippen LogP contribution in [0.4, 0.5) is 0 Å². The molecule has 0 saturated heterocycles. The predicted molar refractivity (Wildman–Crippen MR) is 54.9 cm³/mol. The minimum Gasteiger partial charge on any atom is -0.321 e. The largest absolute Gasteiger partial charge is 0.321 e. The number of ketones is 1. The van der Waals surface area contributed by atoms with Crippen LogP contribution in [0.25, 0.3) is 0 Å². The van der Waals surface area contributed by atoms with Crippen LogP contribution in [0.1, 0.15) is 26.1 Å². The zero-order valence-corrected chi connectivity index (χ0v) is 9.34. The van der Waals surface area contributed by atoms with Gasteiger partial charge in [-0.1, -0.05) is 20.3 Å². The van der Waals surface area contributed by atoms with E-state index in [-0.39, 0.29) is 18.1 Å². The summed E-state index contributed by atoms with van der Waals surface area (Å²) in [5, 5.41) is 11.3. The molecule has 6 nitrogen and oxygen atoms in total. The second-order valence-electron chi connectivity index (χ2n) is 3.75. The van der Waals surface area contributed by atoms with E-state index < -0.39 is 6.04 Å². The van der Waals surface area contributed by atoms with E-state index in [2.05, 4.69) is 15.4 Å². The van der Waals surface area contributed by atoms with E-state index in [0.717, 1.165) is 6.42 Å². The molecule has 0 aliphatic carbocycles. The molecule has 1 heterocycles. The summed E-state index contributed by atoms with van der Waals surface area (Å²) in [6.07, 6.45) is 1.06. The second-order valence-corrected chi connectivity index (χ2v) is 3.75. The number of nitrogens with two attached hydrogens (primary N) is 1. The van der Waals surface area contributed by atoms with Crippen molar-refractivity contribution in [2.24, 2.45) is 18.7 Å². The fourth-order valence-corrected chi connectivity index (χ4v) is 1.24. The average Bonchev–Trinajstić information content (AvgIpc) is 2.61. The molecular weight excluding hydrogens is 194 g/mol. The van der Waals surface area contributed by atoms with Gasteiger partial charge in [0.15, 0.2) is 11.6 Å². The Kier molecular flexibility index (Phi) is 3.90. The maximum Gasteiger partial charge on any atom is 0.182 e. The molecular formula is C9H17N5O. The van der Waals surface area contributed by atoms with Gasteiger partial charge in [0, 0.05) is 0 Å². The van der Waals surface area contributed by atoms with Crippen LogP contribution in [0.15, 0.2) is 0 Å². The summed E-state index contributed by atoms with van der Waals surface area (Å²) in [5.41, 5.74) is 5.79. The van der Waals surface area contributed by atoms with Gasteiger partial charge in [-0.05, 0) is 11.1 Å². The smallest absolute Gasteiger partial charge is 0.182 e. The monoisotopic (exact) mass is 211 g/mol. The lowest BCUT2D eigenvalue weighted by molar-refractivity contribution is -0.120. The van der Waals surface area contributed by atoms with Gasteiger partial charge in [0.1, 0.15) is 0 Å². The Hall–Kier alpha value is -1.30. The van der Waals surface area contributed by atoms with Gasteiger partial charge in [0.2, 0.25) is 0 Å². The molecule has 1 aromatic rings. The Balaban J connectivity index is 2.55. The Labute approximate surface area is 88.8 Å². The lowest BCUT2D eigenvalue weighted by atomic mass is 9.95. The Morgan fingerprint density at radius 3 is 2.73 bits per heavy atom. The molecule has 2 atom stereocenters. The minimum atomic E-state index is -0.432. The number of tetrazole rings is 1. The van der Waals surface area contributed by atoms with Gasteiger partial charge in [0.05, 0.1) is 19.5 Å². The van der Waals surface area contributed by atoms with Gasteiger partial charge in [-0.3, -0.25) is 4.79 Å².